The van der Waals surface area contributed by atoms with Crippen molar-refractivity contribution in [1.82, 2.24) is 20.2 Å². The van der Waals surface area contributed by atoms with Gasteiger partial charge in [0.2, 0.25) is 5.82 Å². The van der Waals surface area contributed by atoms with E-state index < -0.39 is 36.2 Å². The largest absolute Gasteiger partial charge is 0.550 e. The molecule has 3 rings (SSSR count). The SMILES string of the molecule is CC(C)n1nnc(C(/C=C/[C@@H](O)C[C@@H](O)CC(=O)[O-])=C(c2ccc(F)cc2)c2ccc(F)cc2)n1. The summed E-state index contributed by atoms with van der Waals surface area (Å²) < 4.78 is 27.3. The van der Waals surface area contributed by atoms with Gasteiger partial charge in [0.05, 0.1) is 18.2 Å². The molecule has 0 fully saturated rings. The minimum atomic E-state index is -1.43. The van der Waals surface area contributed by atoms with Gasteiger partial charge >= 0.3 is 0 Å². The second-order valence-electron chi connectivity index (χ2n) is 8.22. The number of allylic oxidation sites excluding steroid dienone is 2. The predicted molar refractivity (Wildman–Crippen MR) is 122 cm³/mol. The van der Waals surface area contributed by atoms with Crippen LogP contribution in [0.3, 0.4) is 0 Å². The molecule has 0 saturated carbocycles. The van der Waals surface area contributed by atoms with Crippen LogP contribution in [0.2, 0.25) is 0 Å². The van der Waals surface area contributed by atoms with Crippen LogP contribution in [-0.4, -0.2) is 48.6 Å². The Morgan fingerprint density at radius 2 is 1.57 bits per heavy atom. The van der Waals surface area contributed by atoms with Gasteiger partial charge in [-0.1, -0.05) is 36.4 Å². The normalized spacial score (nSPS) is 13.2. The number of aliphatic carboxylic acids is 1. The third-order valence-corrected chi connectivity index (χ3v) is 5.07. The second kappa shape index (κ2) is 11.6. The Kier molecular flexibility index (Phi) is 8.56. The van der Waals surface area contributed by atoms with Crippen molar-refractivity contribution in [1.29, 1.82) is 0 Å². The molecule has 0 bridgehead atoms. The molecule has 2 N–H and O–H groups in total. The molecule has 1 heterocycles. The molecular formula is C25H25F2N4O4-. The smallest absolute Gasteiger partial charge is 0.205 e. The summed E-state index contributed by atoms with van der Waals surface area (Å²) in [6.07, 6.45) is -0.500. The number of aliphatic hydroxyl groups is 2. The zero-order chi connectivity index (χ0) is 25.5. The Hall–Kier alpha value is -3.76. The number of tetrazole rings is 1. The molecule has 0 aliphatic carbocycles. The maximum Gasteiger partial charge on any atom is 0.205 e. The van der Waals surface area contributed by atoms with E-state index in [0.29, 0.717) is 22.3 Å². The molecule has 184 valence electrons. The fraction of sp³-hybridized carbons (Fsp3) is 0.280. The van der Waals surface area contributed by atoms with Crippen molar-refractivity contribution >= 4 is 17.1 Å². The third-order valence-electron chi connectivity index (χ3n) is 5.07. The zero-order valence-corrected chi connectivity index (χ0v) is 19.2. The second-order valence-corrected chi connectivity index (χ2v) is 8.22. The average molecular weight is 483 g/mol. The van der Waals surface area contributed by atoms with Gasteiger partial charge in [-0.05, 0) is 54.5 Å². The highest BCUT2D eigenvalue weighted by Gasteiger charge is 2.18. The van der Waals surface area contributed by atoms with E-state index in [9.17, 15) is 28.9 Å². The molecule has 0 radical (unpaired) electrons. The van der Waals surface area contributed by atoms with E-state index in [1.165, 1.54) is 41.2 Å². The first-order valence-corrected chi connectivity index (χ1v) is 10.9. The zero-order valence-electron chi connectivity index (χ0n) is 19.2. The average Bonchev–Trinajstić information content (AvgIpc) is 3.28. The fourth-order valence-corrected chi connectivity index (χ4v) is 3.37. The van der Waals surface area contributed by atoms with E-state index in [2.05, 4.69) is 15.4 Å². The number of carbonyl (C=O) groups excluding carboxylic acids is 1. The Bertz CT molecular complexity index is 1160. The molecule has 8 nitrogen and oxygen atoms in total. The number of hydrogen-bond donors (Lipinski definition) is 2. The molecule has 0 spiro atoms. The summed E-state index contributed by atoms with van der Waals surface area (Å²) in [5.41, 5.74) is 2.06. The highest BCUT2D eigenvalue weighted by molar-refractivity contribution is 6.00. The van der Waals surface area contributed by atoms with Crippen LogP contribution in [0, 0.1) is 11.6 Å². The Morgan fingerprint density at radius 3 is 2.03 bits per heavy atom. The number of halogens is 2. The maximum atomic E-state index is 13.7. The van der Waals surface area contributed by atoms with Crippen LogP contribution < -0.4 is 5.11 Å². The van der Waals surface area contributed by atoms with Crippen LogP contribution in [0.25, 0.3) is 11.1 Å². The number of rotatable bonds is 10. The topological polar surface area (TPSA) is 124 Å². The number of carbonyl (C=O) groups is 1. The van der Waals surface area contributed by atoms with E-state index >= 15 is 0 Å². The Labute approximate surface area is 200 Å². The van der Waals surface area contributed by atoms with E-state index in [-0.39, 0.29) is 18.3 Å². The van der Waals surface area contributed by atoms with Gasteiger partial charge in [0.25, 0.3) is 0 Å². The number of carboxylic acids is 1. The van der Waals surface area contributed by atoms with Crippen molar-refractivity contribution in [2.24, 2.45) is 0 Å². The summed E-state index contributed by atoms with van der Waals surface area (Å²) in [5.74, 6) is -2.12. The minimum absolute atomic E-state index is 0.0908. The molecule has 10 heteroatoms. The van der Waals surface area contributed by atoms with Crippen molar-refractivity contribution in [2.45, 2.75) is 44.9 Å². The van der Waals surface area contributed by atoms with E-state index in [4.69, 9.17) is 0 Å². The van der Waals surface area contributed by atoms with E-state index in [0.717, 1.165) is 0 Å². The minimum Gasteiger partial charge on any atom is -0.550 e. The number of nitrogens with zero attached hydrogens (tertiary/aromatic N) is 4. The Balaban J connectivity index is 2.16. The lowest BCUT2D eigenvalue weighted by Crippen LogP contribution is -2.29. The van der Waals surface area contributed by atoms with Gasteiger partial charge in [-0.25, -0.2) is 8.78 Å². The van der Waals surface area contributed by atoms with Gasteiger partial charge in [0.1, 0.15) is 11.6 Å². The first-order valence-electron chi connectivity index (χ1n) is 10.9. The van der Waals surface area contributed by atoms with Crippen molar-refractivity contribution in [2.75, 3.05) is 0 Å². The molecule has 1 aromatic heterocycles. The van der Waals surface area contributed by atoms with Crippen molar-refractivity contribution in [3.63, 3.8) is 0 Å². The molecule has 3 aromatic rings. The van der Waals surface area contributed by atoms with Crippen LogP contribution in [0.15, 0.2) is 60.7 Å². The summed E-state index contributed by atoms with van der Waals surface area (Å²) in [7, 11) is 0. The molecule has 35 heavy (non-hydrogen) atoms. The van der Waals surface area contributed by atoms with Crippen LogP contribution >= 0.6 is 0 Å². The highest BCUT2D eigenvalue weighted by Crippen LogP contribution is 2.32. The predicted octanol–water partition coefficient (Wildman–Crippen LogP) is 2.30. The molecule has 0 unspecified atom stereocenters. The van der Waals surface area contributed by atoms with Crippen LogP contribution in [0.5, 0.6) is 0 Å². The van der Waals surface area contributed by atoms with Crippen molar-refractivity contribution in [3.05, 3.63) is 89.3 Å². The number of aromatic nitrogens is 4. The number of carboxylic acid groups (broad SMARTS) is 1. The van der Waals surface area contributed by atoms with Crippen molar-refractivity contribution < 1.29 is 28.9 Å². The lowest BCUT2D eigenvalue weighted by atomic mass is 9.92. The first kappa shape index (κ1) is 25.9. The van der Waals surface area contributed by atoms with Gasteiger partial charge in [0, 0.05) is 30.0 Å². The number of aliphatic hydroxyl groups excluding tert-OH is 2. The summed E-state index contributed by atoms with van der Waals surface area (Å²) >= 11 is 0. The molecular weight excluding hydrogens is 458 g/mol. The van der Waals surface area contributed by atoms with Gasteiger partial charge < -0.3 is 20.1 Å². The van der Waals surface area contributed by atoms with Crippen molar-refractivity contribution in [3.8, 4) is 0 Å². The van der Waals surface area contributed by atoms with Gasteiger partial charge in [-0.15, -0.1) is 10.2 Å². The quantitative estimate of drug-likeness (QED) is 0.424. The van der Waals surface area contributed by atoms with E-state index in [1.807, 2.05) is 13.8 Å². The van der Waals surface area contributed by atoms with E-state index in [1.54, 1.807) is 24.3 Å². The van der Waals surface area contributed by atoms with Gasteiger partial charge in [-0.2, -0.15) is 4.80 Å². The molecule has 0 saturated heterocycles. The third kappa shape index (κ3) is 7.11. The molecule has 2 aromatic carbocycles. The Morgan fingerprint density at radius 1 is 1.03 bits per heavy atom. The van der Waals surface area contributed by atoms with Crippen LogP contribution in [0.1, 0.15) is 49.7 Å². The summed E-state index contributed by atoms with van der Waals surface area (Å²) in [4.78, 5) is 12.1. The lowest BCUT2D eigenvalue weighted by Gasteiger charge is -2.15. The van der Waals surface area contributed by atoms with Crippen LogP contribution in [0.4, 0.5) is 8.78 Å². The summed E-state index contributed by atoms with van der Waals surface area (Å²) in [6, 6.07) is 11.2. The standard InChI is InChI=1S/C25H26F2N4O4/c1-15(2)31-29-25(28-30-31)22(12-11-20(32)13-21(33)14-23(34)35)24(16-3-7-18(26)8-4-16)17-5-9-19(27)10-6-17/h3-12,15,20-21,32-33H,13-14H2,1-2H3,(H,34,35)/p-1/b12-11+/t20-,21-/m1/s1. The molecule has 2 atom stereocenters. The molecule has 0 amide bonds. The van der Waals surface area contributed by atoms with Crippen LogP contribution in [-0.2, 0) is 4.79 Å². The van der Waals surface area contributed by atoms with Gasteiger partial charge in [0.15, 0.2) is 0 Å². The van der Waals surface area contributed by atoms with Gasteiger partial charge in [-0.3, -0.25) is 0 Å². The fourth-order valence-electron chi connectivity index (χ4n) is 3.37. The summed E-state index contributed by atoms with van der Waals surface area (Å²) in [6.45, 7) is 3.74. The number of hydrogen-bond acceptors (Lipinski definition) is 7. The molecule has 0 aliphatic heterocycles. The highest BCUT2D eigenvalue weighted by atomic mass is 19.1. The number of benzene rings is 2. The maximum absolute atomic E-state index is 13.7. The monoisotopic (exact) mass is 483 g/mol. The lowest BCUT2D eigenvalue weighted by molar-refractivity contribution is -0.307. The molecule has 0 aliphatic rings. The summed E-state index contributed by atoms with van der Waals surface area (Å²) in [5, 5.41) is 43.5. The first-order chi connectivity index (χ1) is 16.6.